The number of hydrogen-bond donors (Lipinski definition) is 2. The van der Waals surface area contributed by atoms with E-state index in [0.717, 1.165) is 66.2 Å². The van der Waals surface area contributed by atoms with E-state index in [4.69, 9.17) is 21.0 Å². The fourth-order valence-electron chi connectivity index (χ4n) is 6.43. The number of halogens is 1. The number of aromatic amines is 1. The highest BCUT2D eigenvalue weighted by Gasteiger charge is 2.36. The summed E-state index contributed by atoms with van der Waals surface area (Å²) in [4.78, 5) is 26.5. The summed E-state index contributed by atoms with van der Waals surface area (Å²) in [6, 6.07) is 28.0. The van der Waals surface area contributed by atoms with Crippen molar-refractivity contribution in [3.05, 3.63) is 119 Å². The SMILES string of the molecule is CCC(c1cccc(Cl)c1)C(N1CCC(Nc2nc3c(Cc4ccco4)cccc3[nH]2)CC1)N(C)C(=O)c1ccccc1. The van der Waals surface area contributed by atoms with Crippen molar-refractivity contribution in [3.63, 3.8) is 0 Å². The van der Waals surface area contributed by atoms with Gasteiger partial charge in [0.1, 0.15) is 5.76 Å². The van der Waals surface area contributed by atoms with Gasteiger partial charge >= 0.3 is 0 Å². The molecule has 43 heavy (non-hydrogen) atoms. The van der Waals surface area contributed by atoms with Crippen LogP contribution in [0.25, 0.3) is 11.0 Å². The molecule has 6 rings (SSSR count). The molecule has 3 aromatic carbocycles. The predicted octanol–water partition coefficient (Wildman–Crippen LogP) is 7.57. The number of nitrogens with zero attached hydrogens (tertiary/aromatic N) is 3. The Morgan fingerprint density at radius 1 is 1.07 bits per heavy atom. The lowest BCUT2D eigenvalue weighted by Crippen LogP contribution is -2.55. The Morgan fingerprint density at radius 3 is 2.58 bits per heavy atom. The number of imidazole rings is 1. The van der Waals surface area contributed by atoms with Gasteiger partial charge in [0.05, 0.1) is 23.5 Å². The number of fused-ring (bicyclic) bond motifs is 1. The quantitative estimate of drug-likeness (QED) is 0.174. The summed E-state index contributed by atoms with van der Waals surface area (Å²) in [6.45, 7) is 3.90. The van der Waals surface area contributed by atoms with E-state index in [-0.39, 0.29) is 24.0 Å². The molecule has 5 aromatic rings. The van der Waals surface area contributed by atoms with Gasteiger partial charge in [0.25, 0.3) is 5.91 Å². The van der Waals surface area contributed by atoms with Crippen molar-refractivity contribution in [1.29, 1.82) is 0 Å². The molecule has 1 saturated heterocycles. The standard InChI is InChI=1S/C35H38ClN5O2/c1-3-30(25-12-7-14-27(36)22-25)33(40(2)34(42)24-10-5-4-6-11-24)41-19-17-28(18-20-41)37-35-38-31-16-8-13-26(32(31)39-35)23-29-15-9-21-43-29/h4-16,21-22,28,30,33H,3,17-20,23H2,1-2H3,(H2,37,38,39). The minimum atomic E-state index is -0.104. The molecule has 0 bridgehead atoms. The zero-order chi connectivity index (χ0) is 29.8. The number of anilines is 1. The summed E-state index contributed by atoms with van der Waals surface area (Å²) in [5.41, 5.74) is 4.96. The van der Waals surface area contributed by atoms with Crippen LogP contribution in [0.3, 0.4) is 0 Å². The van der Waals surface area contributed by atoms with Crippen LogP contribution in [0.2, 0.25) is 5.02 Å². The molecule has 3 heterocycles. The first-order chi connectivity index (χ1) is 21.0. The Morgan fingerprint density at radius 2 is 1.86 bits per heavy atom. The van der Waals surface area contributed by atoms with Crippen molar-refractivity contribution >= 4 is 34.5 Å². The zero-order valence-electron chi connectivity index (χ0n) is 24.7. The van der Waals surface area contributed by atoms with E-state index in [1.165, 1.54) is 0 Å². The van der Waals surface area contributed by atoms with Gasteiger partial charge in [-0.05, 0) is 72.9 Å². The van der Waals surface area contributed by atoms with E-state index in [2.05, 4.69) is 46.4 Å². The largest absolute Gasteiger partial charge is 0.469 e. The second-order valence-electron chi connectivity index (χ2n) is 11.4. The van der Waals surface area contributed by atoms with E-state index >= 15 is 0 Å². The van der Waals surface area contributed by atoms with Crippen LogP contribution < -0.4 is 5.32 Å². The smallest absolute Gasteiger partial charge is 0.254 e. The monoisotopic (exact) mass is 595 g/mol. The number of carbonyl (C=O) groups is 1. The van der Waals surface area contributed by atoms with E-state index < -0.39 is 0 Å². The fraction of sp³-hybridized carbons (Fsp3) is 0.314. The molecule has 0 saturated carbocycles. The second-order valence-corrected chi connectivity index (χ2v) is 11.8. The number of amides is 1. The number of para-hydroxylation sites is 1. The van der Waals surface area contributed by atoms with E-state index in [1.807, 2.05) is 72.6 Å². The van der Waals surface area contributed by atoms with Gasteiger partial charge in [-0.1, -0.05) is 61.0 Å². The maximum absolute atomic E-state index is 13.7. The second kappa shape index (κ2) is 13.1. The number of rotatable bonds is 10. The van der Waals surface area contributed by atoms with Crippen LogP contribution in [0.15, 0.2) is 95.6 Å². The summed E-state index contributed by atoms with van der Waals surface area (Å²) >= 11 is 6.43. The maximum atomic E-state index is 13.7. The van der Waals surface area contributed by atoms with Crippen LogP contribution in [0.1, 0.15) is 59.3 Å². The normalized spacial score (nSPS) is 15.8. The Kier molecular flexibility index (Phi) is 8.82. The highest BCUT2D eigenvalue weighted by molar-refractivity contribution is 6.30. The number of aromatic nitrogens is 2. The molecule has 1 aliphatic rings. The lowest BCUT2D eigenvalue weighted by molar-refractivity contribution is 0.0201. The molecule has 1 aliphatic heterocycles. The highest BCUT2D eigenvalue weighted by Crippen LogP contribution is 2.33. The zero-order valence-corrected chi connectivity index (χ0v) is 25.4. The van der Waals surface area contributed by atoms with Gasteiger partial charge in [-0.2, -0.15) is 0 Å². The summed E-state index contributed by atoms with van der Waals surface area (Å²) in [7, 11) is 1.94. The van der Waals surface area contributed by atoms with Gasteiger partial charge in [-0.3, -0.25) is 9.69 Å². The Balaban J connectivity index is 1.19. The Bertz CT molecular complexity index is 1640. The van der Waals surface area contributed by atoms with Gasteiger partial charge in [-0.25, -0.2) is 4.98 Å². The average molecular weight is 596 g/mol. The summed E-state index contributed by atoms with van der Waals surface area (Å²) < 4.78 is 5.57. The van der Waals surface area contributed by atoms with Gasteiger partial charge in [0.15, 0.2) is 0 Å². The lowest BCUT2D eigenvalue weighted by Gasteiger charge is -2.45. The lowest BCUT2D eigenvalue weighted by atomic mass is 9.90. The van der Waals surface area contributed by atoms with Gasteiger partial charge in [-0.15, -0.1) is 0 Å². The summed E-state index contributed by atoms with van der Waals surface area (Å²) in [6.07, 6.45) is 5.06. The molecule has 222 valence electrons. The third-order valence-corrected chi connectivity index (χ3v) is 8.84. The number of benzene rings is 3. The number of piperidine rings is 1. The van der Waals surface area contributed by atoms with Crippen LogP contribution in [-0.2, 0) is 6.42 Å². The molecule has 2 atom stereocenters. The molecule has 8 heteroatoms. The number of likely N-dealkylation sites (tertiary alicyclic amines) is 1. The molecule has 1 fully saturated rings. The molecular weight excluding hydrogens is 558 g/mol. The molecule has 7 nitrogen and oxygen atoms in total. The van der Waals surface area contributed by atoms with Crippen molar-refractivity contribution < 1.29 is 9.21 Å². The summed E-state index contributed by atoms with van der Waals surface area (Å²) in [5, 5.41) is 4.38. The first kappa shape index (κ1) is 29.0. The van der Waals surface area contributed by atoms with Crippen LogP contribution in [0.4, 0.5) is 5.95 Å². The topological polar surface area (TPSA) is 77.4 Å². The molecular formula is C35H38ClN5O2. The Hall–Kier alpha value is -4.07. The van der Waals surface area contributed by atoms with Crippen molar-refractivity contribution in [2.24, 2.45) is 0 Å². The van der Waals surface area contributed by atoms with Crippen molar-refractivity contribution in [1.82, 2.24) is 19.8 Å². The number of furan rings is 1. The van der Waals surface area contributed by atoms with Crippen LogP contribution in [-0.4, -0.2) is 58.0 Å². The van der Waals surface area contributed by atoms with Crippen LogP contribution in [0.5, 0.6) is 0 Å². The Labute approximate surface area is 257 Å². The molecule has 1 amide bonds. The first-order valence-corrected chi connectivity index (χ1v) is 15.5. The minimum absolute atomic E-state index is 0.0268. The molecule has 2 unspecified atom stereocenters. The van der Waals surface area contributed by atoms with Gasteiger partial charge in [0.2, 0.25) is 5.95 Å². The number of likely N-dealkylation sites (N-methyl/N-ethyl adjacent to an activating group) is 1. The molecule has 2 aromatic heterocycles. The van der Waals surface area contributed by atoms with Crippen molar-refractivity contribution in [2.75, 3.05) is 25.5 Å². The van der Waals surface area contributed by atoms with E-state index in [0.29, 0.717) is 17.0 Å². The molecule has 2 N–H and O–H groups in total. The third-order valence-electron chi connectivity index (χ3n) is 8.60. The van der Waals surface area contributed by atoms with Crippen LogP contribution >= 0.6 is 11.6 Å². The van der Waals surface area contributed by atoms with Gasteiger partial charge in [0, 0.05) is 49.1 Å². The van der Waals surface area contributed by atoms with Gasteiger partial charge < -0.3 is 19.6 Å². The fourth-order valence-corrected chi connectivity index (χ4v) is 6.63. The van der Waals surface area contributed by atoms with Crippen molar-refractivity contribution in [3.8, 4) is 0 Å². The average Bonchev–Trinajstić information content (AvgIpc) is 3.70. The number of carbonyl (C=O) groups excluding carboxylic acids is 1. The minimum Gasteiger partial charge on any atom is -0.469 e. The molecule has 0 aliphatic carbocycles. The predicted molar refractivity (Wildman–Crippen MR) is 173 cm³/mol. The number of H-pyrrole nitrogens is 1. The number of hydrogen-bond acceptors (Lipinski definition) is 5. The third kappa shape index (κ3) is 6.48. The number of nitrogens with one attached hydrogen (secondary N) is 2. The van der Waals surface area contributed by atoms with E-state index in [9.17, 15) is 4.79 Å². The summed E-state index contributed by atoms with van der Waals surface area (Å²) in [5.74, 6) is 1.85. The first-order valence-electron chi connectivity index (χ1n) is 15.1. The van der Waals surface area contributed by atoms with E-state index in [1.54, 1.807) is 6.26 Å². The molecule has 0 radical (unpaired) electrons. The maximum Gasteiger partial charge on any atom is 0.254 e. The van der Waals surface area contributed by atoms with Crippen LogP contribution in [0, 0.1) is 0 Å². The van der Waals surface area contributed by atoms with Crippen molar-refractivity contribution in [2.45, 2.75) is 50.7 Å². The highest BCUT2D eigenvalue weighted by atomic mass is 35.5. The molecule has 0 spiro atoms.